The second-order valence-corrected chi connectivity index (χ2v) is 10.3. The van der Waals surface area contributed by atoms with Gasteiger partial charge >= 0.3 is 6.09 Å². The predicted octanol–water partition coefficient (Wildman–Crippen LogP) is 3.71. The number of nitrogens with zero attached hydrogens (tertiary/aromatic N) is 2. The summed E-state index contributed by atoms with van der Waals surface area (Å²) in [6.45, 7) is 11.9. The zero-order chi connectivity index (χ0) is 25.1. The van der Waals surface area contributed by atoms with Gasteiger partial charge in [-0.2, -0.15) is 0 Å². The van der Waals surface area contributed by atoms with Gasteiger partial charge in [-0.1, -0.05) is 32.1 Å². The molecule has 0 aromatic carbocycles. The number of carbonyl (C=O) groups is 3. The van der Waals surface area contributed by atoms with Crippen LogP contribution in [0.3, 0.4) is 0 Å². The van der Waals surface area contributed by atoms with Crippen LogP contribution in [0.5, 0.6) is 0 Å². The monoisotopic (exact) mass is 534 g/mol. The van der Waals surface area contributed by atoms with Crippen LogP contribution in [-0.4, -0.2) is 58.1 Å². The SMILES string of the molecule is C=CCOCc1ccc(Br)nc1NC(=O)C1CC2(CNC(=O)C(C)(C)CC=C)CC2N1C(=O)O. The molecule has 0 spiro atoms. The first kappa shape index (κ1) is 25.9. The molecule has 2 heterocycles. The van der Waals surface area contributed by atoms with Crippen LogP contribution in [-0.2, 0) is 20.9 Å². The number of aromatic nitrogens is 1. The first-order valence-corrected chi connectivity index (χ1v) is 11.9. The van der Waals surface area contributed by atoms with Gasteiger partial charge in [0.25, 0.3) is 0 Å². The maximum atomic E-state index is 13.2. The highest BCUT2D eigenvalue weighted by atomic mass is 79.9. The third kappa shape index (κ3) is 5.50. The lowest BCUT2D eigenvalue weighted by Crippen LogP contribution is -2.45. The molecule has 2 aliphatic rings. The number of ether oxygens (including phenoxy) is 1. The third-order valence-corrected chi connectivity index (χ3v) is 6.93. The molecule has 1 aromatic heterocycles. The van der Waals surface area contributed by atoms with Crippen LogP contribution in [0.25, 0.3) is 0 Å². The van der Waals surface area contributed by atoms with Gasteiger partial charge in [0.05, 0.1) is 13.2 Å². The van der Waals surface area contributed by atoms with Crippen molar-refractivity contribution in [2.75, 3.05) is 18.5 Å². The average Bonchev–Trinajstić information content (AvgIpc) is 3.36. The highest BCUT2D eigenvalue weighted by molar-refractivity contribution is 9.10. The number of hydrogen-bond acceptors (Lipinski definition) is 5. The molecule has 184 valence electrons. The van der Waals surface area contributed by atoms with Gasteiger partial charge in [-0.3, -0.25) is 14.5 Å². The number of pyridine rings is 1. The molecule has 1 saturated heterocycles. The molecule has 10 heteroatoms. The van der Waals surface area contributed by atoms with E-state index in [0.717, 1.165) is 0 Å². The van der Waals surface area contributed by atoms with Crippen molar-refractivity contribution < 1.29 is 24.2 Å². The predicted molar refractivity (Wildman–Crippen MR) is 131 cm³/mol. The fourth-order valence-electron chi connectivity index (χ4n) is 4.48. The number of halogens is 1. The second kappa shape index (κ2) is 10.3. The number of likely N-dealkylation sites (tertiary alicyclic amines) is 1. The van der Waals surface area contributed by atoms with Gasteiger partial charge in [0.2, 0.25) is 11.8 Å². The quantitative estimate of drug-likeness (QED) is 0.226. The lowest BCUT2D eigenvalue weighted by molar-refractivity contribution is -0.129. The van der Waals surface area contributed by atoms with Gasteiger partial charge in [0.1, 0.15) is 16.5 Å². The van der Waals surface area contributed by atoms with Crippen LogP contribution in [0.15, 0.2) is 42.0 Å². The van der Waals surface area contributed by atoms with Crippen LogP contribution in [0.1, 0.15) is 38.7 Å². The van der Waals surface area contributed by atoms with E-state index in [4.69, 9.17) is 4.74 Å². The zero-order valence-electron chi connectivity index (χ0n) is 19.5. The number of rotatable bonds is 11. The van der Waals surface area contributed by atoms with Crippen LogP contribution in [0.2, 0.25) is 0 Å². The number of fused-ring (bicyclic) bond motifs is 1. The molecule has 3 unspecified atom stereocenters. The number of anilines is 1. The topological polar surface area (TPSA) is 121 Å². The molecule has 1 aliphatic heterocycles. The Morgan fingerprint density at radius 2 is 2.06 bits per heavy atom. The Balaban J connectivity index is 1.71. The second-order valence-electron chi connectivity index (χ2n) is 9.49. The maximum Gasteiger partial charge on any atom is 0.408 e. The van der Waals surface area contributed by atoms with Gasteiger partial charge in [0, 0.05) is 29.0 Å². The molecule has 3 amide bonds. The summed E-state index contributed by atoms with van der Waals surface area (Å²) in [6.07, 6.45) is 3.64. The third-order valence-electron chi connectivity index (χ3n) is 6.49. The zero-order valence-corrected chi connectivity index (χ0v) is 21.1. The minimum absolute atomic E-state index is 0.121. The molecule has 1 saturated carbocycles. The van der Waals surface area contributed by atoms with Crippen molar-refractivity contribution in [1.82, 2.24) is 15.2 Å². The number of amides is 3. The standard InChI is InChI=1S/C24H31BrN4O5/c1-5-9-23(3,4)21(31)26-14-24-11-16(29(22(32)33)17(24)12-24)20(30)28-19-15(13-34-10-6-2)7-8-18(25)27-19/h5-8,16-17H,1-2,9-14H2,3-4H3,(H,26,31)(H,32,33)(H,27,28,30). The van der Waals surface area contributed by atoms with E-state index in [1.807, 2.05) is 13.8 Å². The van der Waals surface area contributed by atoms with Crippen LogP contribution in [0.4, 0.5) is 10.6 Å². The van der Waals surface area contributed by atoms with E-state index < -0.39 is 28.9 Å². The van der Waals surface area contributed by atoms with Crippen molar-refractivity contribution in [3.63, 3.8) is 0 Å². The molecule has 34 heavy (non-hydrogen) atoms. The van der Waals surface area contributed by atoms with Crippen molar-refractivity contribution in [2.24, 2.45) is 10.8 Å². The minimum Gasteiger partial charge on any atom is -0.465 e. The molecular weight excluding hydrogens is 504 g/mol. The van der Waals surface area contributed by atoms with Gasteiger partial charge in [-0.15, -0.1) is 13.2 Å². The van der Waals surface area contributed by atoms with Gasteiger partial charge in [-0.05, 0) is 41.3 Å². The molecule has 9 nitrogen and oxygen atoms in total. The summed E-state index contributed by atoms with van der Waals surface area (Å²) in [6, 6.07) is 2.33. The summed E-state index contributed by atoms with van der Waals surface area (Å²) in [4.78, 5) is 43.4. The van der Waals surface area contributed by atoms with Crippen LogP contribution < -0.4 is 10.6 Å². The Bertz CT molecular complexity index is 998. The largest absolute Gasteiger partial charge is 0.465 e. The normalized spacial score (nSPS) is 23.1. The Kier molecular flexibility index (Phi) is 7.82. The first-order chi connectivity index (χ1) is 16.0. The molecule has 3 rings (SSSR count). The lowest BCUT2D eigenvalue weighted by Gasteiger charge is -2.25. The van der Waals surface area contributed by atoms with E-state index in [9.17, 15) is 19.5 Å². The molecule has 3 N–H and O–H groups in total. The number of carbonyl (C=O) groups excluding carboxylic acids is 2. The number of carboxylic acid groups (broad SMARTS) is 1. The van der Waals surface area contributed by atoms with E-state index in [0.29, 0.717) is 48.4 Å². The summed E-state index contributed by atoms with van der Waals surface area (Å²) in [5, 5.41) is 15.6. The molecule has 1 aliphatic carbocycles. The van der Waals surface area contributed by atoms with Crippen molar-refractivity contribution in [3.05, 3.63) is 47.6 Å². The van der Waals surface area contributed by atoms with Gasteiger partial charge in [-0.25, -0.2) is 9.78 Å². The summed E-state index contributed by atoms with van der Waals surface area (Å²) >= 11 is 3.30. The number of hydrogen-bond donors (Lipinski definition) is 3. The van der Waals surface area contributed by atoms with Crippen LogP contribution in [0, 0.1) is 10.8 Å². The van der Waals surface area contributed by atoms with Crippen LogP contribution >= 0.6 is 15.9 Å². The fraction of sp³-hybridized carbons (Fsp3) is 0.500. The summed E-state index contributed by atoms with van der Waals surface area (Å²) in [7, 11) is 0. The van der Waals surface area contributed by atoms with Crippen molar-refractivity contribution in [3.8, 4) is 0 Å². The van der Waals surface area contributed by atoms with Gasteiger partial charge < -0.3 is 20.5 Å². The van der Waals surface area contributed by atoms with E-state index in [1.54, 1.807) is 24.3 Å². The van der Waals surface area contributed by atoms with E-state index in [1.165, 1.54) is 4.90 Å². The smallest absolute Gasteiger partial charge is 0.408 e. The van der Waals surface area contributed by atoms with E-state index in [-0.39, 0.29) is 18.6 Å². The first-order valence-electron chi connectivity index (χ1n) is 11.1. The Hall–Kier alpha value is -2.72. The van der Waals surface area contributed by atoms with Crippen molar-refractivity contribution >= 4 is 39.7 Å². The van der Waals surface area contributed by atoms with Gasteiger partial charge in [0.15, 0.2) is 0 Å². The molecular formula is C24H31BrN4O5. The Morgan fingerprint density at radius 1 is 1.32 bits per heavy atom. The lowest BCUT2D eigenvalue weighted by atomic mass is 9.88. The van der Waals surface area contributed by atoms with E-state index in [2.05, 4.69) is 44.7 Å². The molecule has 3 atom stereocenters. The number of piperidine rings is 1. The highest BCUT2D eigenvalue weighted by Crippen LogP contribution is 2.59. The number of nitrogens with one attached hydrogen (secondary N) is 2. The van der Waals surface area contributed by atoms with Crippen molar-refractivity contribution in [1.29, 1.82) is 0 Å². The molecule has 0 bridgehead atoms. The summed E-state index contributed by atoms with van der Waals surface area (Å²) in [5.74, 6) is -0.268. The minimum atomic E-state index is -1.15. The fourth-order valence-corrected chi connectivity index (χ4v) is 4.79. The molecule has 1 aromatic rings. The maximum absolute atomic E-state index is 13.2. The molecule has 2 fully saturated rings. The summed E-state index contributed by atoms with van der Waals surface area (Å²) < 4.78 is 6.01. The summed E-state index contributed by atoms with van der Waals surface area (Å²) in [5.41, 5.74) is -0.392. The van der Waals surface area contributed by atoms with Crippen molar-refractivity contribution in [2.45, 2.75) is 51.8 Å². The average molecular weight is 535 g/mol. The number of allylic oxidation sites excluding steroid dienone is 1. The molecule has 0 radical (unpaired) electrons. The Morgan fingerprint density at radius 3 is 2.71 bits per heavy atom. The highest BCUT2D eigenvalue weighted by Gasteiger charge is 2.67. The van der Waals surface area contributed by atoms with E-state index >= 15 is 0 Å². The Labute approximate surface area is 207 Å².